The molecule has 26 nitrogen and oxygen atoms in total. The smallest absolute Gasteiger partial charge is 0.481 e. The van der Waals surface area contributed by atoms with E-state index in [4.69, 9.17) is 82.5 Å². The van der Waals surface area contributed by atoms with Gasteiger partial charge >= 0.3 is 18.1 Å². The third-order valence-corrected chi connectivity index (χ3v) is 10.4. The Morgan fingerprint density at radius 2 is 0.891 bits per heavy atom. The number of anilines is 7. The van der Waals surface area contributed by atoms with Crippen LogP contribution in [0.2, 0.25) is 10.3 Å². The topological polar surface area (TPSA) is 414 Å². The highest BCUT2D eigenvalue weighted by Gasteiger charge is 2.38. The number of carboxylic acids is 2. The van der Waals surface area contributed by atoms with E-state index in [9.17, 15) is 32.7 Å². The van der Waals surface area contributed by atoms with Crippen molar-refractivity contribution in [1.82, 2.24) is 45.5 Å². The van der Waals surface area contributed by atoms with E-state index in [-0.39, 0.29) is 69.0 Å². The molecule has 3 aliphatic heterocycles. The number of nitrogens with two attached hydrogens (primary N) is 6. The monoisotopic (exact) mass is 942 g/mol. The molecule has 0 radical (unpaired) electrons. The van der Waals surface area contributed by atoms with Crippen molar-refractivity contribution in [3.63, 3.8) is 0 Å². The molecule has 3 fully saturated rings. The van der Waals surface area contributed by atoms with Gasteiger partial charge in [-0.05, 0) is 38.5 Å². The summed E-state index contributed by atoms with van der Waals surface area (Å²) in [5.41, 5.74) is 34.4. The number of nitrogens with one attached hydrogen (secondary N) is 2. The summed E-state index contributed by atoms with van der Waals surface area (Å²) in [5.74, 6) is -4.95. The van der Waals surface area contributed by atoms with Crippen LogP contribution in [0.3, 0.4) is 0 Å². The molecule has 2 amide bonds. The van der Waals surface area contributed by atoms with Crippen LogP contribution in [0.1, 0.15) is 59.5 Å². The van der Waals surface area contributed by atoms with Crippen LogP contribution in [-0.2, 0) is 9.59 Å². The van der Waals surface area contributed by atoms with Crippen molar-refractivity contribution in [2.45, 2.75) is 56.8 Å². The summed E-state index contributed by atoms with van der Waals surface area (Å²) in [6.45, 7) is 3.03. The van der Waals surface area contributed by atoms with Crippen molar-refractivity contribution >= 4 is 100.0 Å². The van der Waals surface area contributed by atoms with E-state index in [0.717, 1.165) is 0 Å². The lowest BCUT2D eigenvalue weighted by molar-refractivity contribution is -0.192. The number of aromatic nitrogens is 7. The number of aliphatic carboxylic acids is 2. The molecule has 0 unspecified atom stereocenters. The first kappa shape index (κ1) is 48.0. The first-order chi connectivity index (χ1) is 30.1. The molecule has 64 heavy (non-hydrogen) atoms. The average Bonchev–Trinajstić information content (AvgIpc) is 3.23. The molecule has 0 saturated carbocycles. The molecule has 0 spiro atoms. The van der Waals surface area contributed by atoms with Crippen molar-refractivity contribution in [3.8, 4) is 0 Å². The highest BCUT2D eigenvalue weighted by atomic mass is 35.5. The fourth-order valence-corrected chi connectivity index (χ4v) is 6.76. The number of carbonyl (C=O) groups excluding carboxylic acids is 2. The van der Waals surface area contributed by atoms with Gasteiger partial charge in [-0.1, -0.05) is 23.2 Å². The van der Waals surface area contributed by atoms with Crippen molar-refractivity contribution < 1.29 is 42.6 Å². The number of piperidine rings is 3. The lowest BCUT2D eigenvalue weighted by Crippen LogP contribution is -2.43. The molecule has 31 heteroatoms. The summed E-state index contributed by atoms with van der Waals surface area (Å²) in [4.78, 5) is 90.8. The summed E-state index contributed by atoms with van der Waals surface area (Å²) in [6.07, 6.45) is -1.89. The largest absolute Gasteiger partial charge is 0.490 e. The number of alkyl halides is 3. The fraction of sp³-hybridized carbons (Fsp3) is 0.485. The van der Waals surface area contributed by atoms with Crippen LogP contribution in [0, 0.1) is 5.92 Å². The molecule has 6 rings (SSSR count). The van der Waals surface area contributed by atoms with Gasteiger partial charge in [0.05, 0.1) is 18.0 Å². The second kappa shape index (κ2) is 20.4. The number of carboxylic acid groups (broad SMARTS) is 2. The molecule has 6 heterocycles. The Bertz CT molecular complexity index is 2180. The van der Waals surface area contributed by atoms with Gasteiger partial charge in [0.15, 0.2) is 56.9 Å². The van der Waals surface area contributed by atoms with Gasteiger partial charge < -0.3 is 59.3 Å². The minimum Gasteiger partial charge on any atom is -0.481 e. The molecule has 3 aromatic heterocycles. The van der Waals surface area contributed by atoms with Crippen LogP contribution in [-0.4, -0.2) is 138 Å². The van der Waals surface area contributed by atoms with Crippen molar-refractivity contribution in [2.24, 2.45) is 27.4 Å². The number of carbonyl (C=O) groups is 4. The van der Waals surface area contributed by atoms with Crippen LogP contribution >= 0.6 is 23.2 Å². The molecule has 0 aromatic carbocycles. The zero-order valence-electron chi connectivity index (χ0n) is 33.5. The predicted molar refractivity (Wildman–Crippen MR) is 226 cm³/mol. The van der Waals surface area contributed by atoms with E-state index in [1.54, 1.807) is 0 Å². The number of halogens is 5. The zero-order chi connectivity index (χ0) is 47.0. The lowest BCUT2D eigenvalue weighted by Gasteiger charge is -2.35. The summed E-state index contributed by atoms with van der Waals surface area (Å²) in [7, 11) is 0. The minimum absolute atomic E-state index is 0.106. The number of rotatable bonds is 8. The van der Waals surface area contributed by atoms with Crippen molar-refractivity contribution in [2.75, 3.05) is 76.9 Å². The van der Waals surface area contributed by atoms with Crippen LogP contribution in [0.5, 0.6) is 0 Å². The van der Waals surface area contributed by atoms with Gasteiger partial charge in [0, 0.05) is 39.3 Å². The van der Waals surface area contributed by atoms with Crippen LogP contribution in [0.25, 0.3) is 0 Å². The molecule has 3 aromatic rings. The summed E-state index contributed by atoms with van der Waals surface area (Å²) < 4.78 is 31.7. The molecule has 3 saturated heterocycles. The normalized spacial score (nSPS) is 17.0. The maximum atomic E-state index is 12.7. The first-order valence-electron chi connectivity index (χ1n) is 19.1. The summed E-state index contributed by atoms with van der Waals surface area (Å²) in [6, 6.07) is -0.440. The molecular weight excluding hydrogens is 900 g/mol. The third-order valence-electron chi connectivity index (χ3n) is 9.83. The standard InChI is InChI=1S/C31H42Cl2N20O4.C2HF3O2/c32-18-22(36)44-20(34)16(42-18)24(54)46-27(38)40-14-3-9-52(10-4-14)30-48-29(51-7-1-13(2-8-51)26(56)57)49-31(50-30)53-11-5-15(6-12-53)41-28(39)47-25(55)17-21(35)45-23(37)19(33)43-17;3-2(4,5)1(6)7/h13-15H,1-12H2,(H,56,57)(H4,34,36,44)(H4,35,37,45)(H3,38,40,46,54)(H3,39,41,47,55);(H,6,7). The molecular formula is C33H43Cl2F3N20O6. The SMILES string of the molecule is NC(=NC1CCN(c2nc(N3CCC(N=C(N)NC(=O)c4nc(Cl)c(N)nc4N)CC3)nc(N3CCC(C(=O)O)CC3)n2)CC1)NC(=O)c1nc(Cl)c(N)nc1N.O=C(O)C(F)(F)F. The van der Waals surface area contributed by atoms with Gasteiger partial charge in [0.1, 0.15) is 0 Å². The Morgan fingerprint density at radius 1 is 0.578 bits per heavy atom. The number of hydrogen-bond acceptors (Lipinski definition) is 20. The average molecular weight is 944 g/mol. The highest BCUT2D eigenvalue weighted by molar-refractivity contribution is 6.32. The van der Waals surface area contributed by atoms with Crippen molar-refractivity contribution in [1.29, 1.82) is 0 Å². The number of guanidine groups is 2. The highest BCUT2D eigenvalue weighted by Crippen LogP contribution is 2.28. The summed E-state index contributed by atoms with van der Waals surface area (Å²) in [5, 5.41) is 21.3. The number of nitrogen functional groups attached to an aromatic ring is 4. The number of nitrogens with zero attached hydrogens (tertiary/aromatic N) is 12. The van der Waals surface area contributed by atoms with Gasteiger partial charge in [-0.2, -0.15) is 28.1 Å². The number of aliphatic imine (C=N–C) groups is 2. The van der Waals surface area contributed by atoms with Crippen LogP contribution in [0.15, 0.2) is 9.98 Å². The van der Waals surface area contributed by atoms with Gasteiger partial charge in [-0.25, -0.2) is 34.7 Å². The van der Waals surface area contributed by atoms with Gasteiger partial charge in [-0.15, -0.1) is 0 Å². The molecule has 346 valence electrons. The Balaban J connectivity index is 0.00000102. The zero-order valence-corrected chi connectivity index (χ0v) is 35.0. The van der Waals surface area contributed by atoms with Gasteiger partial charge in [0.2, 0.25) is 17.8 Å². The van der Waals surface area contributed by atoms with E-state index >= 15 is 0 Å². The Morgan fingerprint density at radius 3 is 1.19 bits per heavy atom. The maximum Gasteiger partial charge on any atom is 0.490 e. The summed E-state index contributed by atoms with van der Waals surface area (Å²) >= 11 is 11.8. The maximum absolute atomic E-state index is 12.7. The molecule has 0 atom stereocenters. The Hall–Kier alpha value is -7.04. The number of amides is 2. The molecule has 3 aliphatic rings. The Labute approximate surface area is 370 Å². The lowest BCUT2D eigenvalue weighted by atomic mass is 9.97. The fourth-order valence-electron chi connectivity index (χ4n) is 6.51. The van der Waals surface area contributed by atoms with Crippen LogP contribution < -0.4 is 59.7 Å². The second-order valence-corrected chi connectivity index (χ2v) is 15.0. The van der Waals surface area contributed by atoms with E-state index in [1.165, 1.54) is 0 Å². The Kier molecular flexibility index (Phi) is 15.3. The molecule has 16 N–H and O–H groups in total. The second-order valence-electron chi connectivity index (χ2n) is 14.3. The molecule has 0 bridgehead atoms. The third kappa shape index (κ3) is 12.5. The van der Waals surface area contributed by atoms with E-state index < -0.39 is 35.8 Å². The van der Waals surface area contributed by atoms with E-state index in [0.29, 0.717) is 95.6 Å². The van der Waals surface area contributed by atoms with Crippen LogP contribution in [0.4, 0.5) is 54.3 Å². The van der Waals surface area contributed by atoms with Gasteiger partial charge in [-0.3, -0.25) is 25.0 Å². The van der Waals surface area contributed by atoms with E-state index in [1.807, 2.05) is 14.7 Å². The van der Waals surface area contributed by atoms with Crippen molar-refractivity contribution in [3.05, 3.63) is 21.7 Å². The van der Waals surface area contributed by atoms with Gasteiger partial charge in [0.25, 0.3) is 11.8 Å². The first-order valence-corrected chi connectivity index (χ1v) is 19.8. The molecule has 0 aliphatic carbocycles. The van der Waals surface area contributed by atoms with E-state index in [2.05, 4.69) is 40.6 Å². The minimum atomic E-state index is -5.08. The predicted octanol–water partition coefficient (Wildman–Crippen LogP) is -0.551. The number of hydrogen-bond donors (Lipinski definition) is 10. The quantitative estimate of drug-likeness (QED) is 0.1000.